The quantitative estimate of drug-likeness (QED) is 0.781. The Morgan fingerprint density at radius 1 is 1.50 bits per heavy atom. The number of anilines is 2. The maximum Gasteiger partial charge on any atom is 0.278 e. The van der Waals surface area contributed by atoms with Gasteiger partial charge in [-0.05, 0) is 40.0 Å². The fraction of sp³-hybridized carbons (Fsp3) is 0.231. The van der Waals surface area contributed by atoms with Gasteiger partial charge in [-0.2, -0.15) is 5.10 Å². The Morgan fingerprint density at radius 3 is 2.75 bits per heavy atom. The zero-order valence-corrected chi connectivity index (χ0v) is 13.3. The number of carbonyl (C=O) groups excluding carboxylic acids is 1. The molecule has 0 saturated heterocycles. The number of nitrogen functional groups attached to an aromatic ring is 1. The molecule has 0 aliphatic heterocycles. The summed E-state index contributed by atoms with van der Waals surface area (Å²) >= 11 is 9.20. The van der Waals surface area contributed by atoms with E-state index < -0.39 is 0 Å². The number of benzene rings is 1. The number of amides is 1. The van der Waals surface area contributed by atoms with Crippen LogP contribution in [0.1, 0.15) is 35.9 Å². The normalized spacial score (nSPS) is 10.8. The summed E-state index contributed by atoms with van der Waals surface area (Å²) in [4.78, 5) is 12.1. The summed E-state index contributed by atoms with van der Waals surface area (Å²) < 4.78 is 0.704. The molecule has 0 aliphatic rings. The van der Waals surface area contributed by atoms with Crippen molar-refractivity contribution in [1.29, 1.82) is 0 Å². The van der Waals surface area contributed by atoms with E-state index in [1.807, 2.05) is 13.8 Å². The van der Waals surface area contributed by atoms with Gasteiger partial charge in [-0.3, -0.25) is 9.89 Å². The predicted molar refractivity (Wildman–Crippen MR) is 84.2 cm³/mol. The predicted octanol–water partition coefficient (Wildman–Crippen LogP) is 3.78. The van der Waals surface area contributed by atoms with E-state index in [-0.39, 0.29) is 17.5 Å². The number of nitrogens with two attached hydrogens (primary N) is 1. The number of nitrogens with zero attached hydrogens (tertiary/aromatic N) is 1. The number of aromatic nitrogens is 2. The third kappa shape index (κ3) is 2.96. The molecule has 1 aromatic carbocycles. The molecule has 0 unspecified atom stereocenters. The molecule has 0 bridgehead atoms. The molecule has 0 atom stereocenters. The second-order valence-corrected chi connectivity index (χ2v) is 5.90. The van der Waals surface area contributed by atoms with Gasteiger partial charge in [-0.15, -0.1) is 0 Å². The van der Waals surface area contributed by atoms with Crippen LogP contribution >= 0.6 is 27.5 Å². The minimum atomic E-state index is -0.361. The van der Waals surface area contributed by atoms with Gasteiger partial charge in [0.2, 0.25) is 0 Å². The lowest BCUT2D eigenvalue weighted by Crippen LogP contribution is -2.14. The van der Waals surface area contributed by atoms with Crippen LogP contribution in [0.4, 0.5) is 11.4 Å². The number of carbonyl (C=O) groups is 1. The van der Waals surface area contributed by atoms with Crippen molar-refractivity contribution >= 4 is 44.8 Å². The number of hydrogen-bond donors (Lipinski definition) is 3. The lowest BCUT2D eigenvalue weighted by atomic mass is 10.1. The third-order valence-electron chi connectivity index (χ3n) is 2.80. The summed E-state index contributed by atoms with van der Waals surface area (Å²) in [5.41, 5.74) is 7.87. The van der Waals surface area contributed by atoms with Crippen molar-refractivity contribution in [3.05, 3.63) is 39.1 Å². The molecule has 20 heavy (non-hydrogen) atoms. The van der Waals surface area contributed by atoms with Gasteiger partial charge < -0.3 is 11.1 Å². The van der Waals surface area contributed by atoms with Crippen molar-refractivity contribution in [1.82, 2.24) is 10.2 Å². The zero-order chi connectivity index (χ0) is 14.9. The molecular formula is C13H14BrClN4O. The Hall–Kier alpha value is -1.53. The number of rotatable bonds is 3. The summed E-state index contributed by atoms with van der Waals surface area (Å²) in [6.07, 6.45) is 0. The highest BCUT2D eigenvalue weighted by Crippen LogP contribution is 2.27. The minimum absolute atomic E-state index is 0.175. The largest absolute Gasteiger partial charge is 0.395 e. The molecular weight excluding hydrogens is 344 g/mol. The van der Waals surface area contributed by atoms with E-state index in [1.165, 1.54) is 0 Å². The lowest BCUT2D eigenvalue weighted by molar-refractivity contribution is 0.102. The smallest absolute Gasteiger partial charge is 0.278 e. The van der Waals surface area contributed by atoms with E-state index in [1.54, 1.807) is 18.2 Å². The van der Waals surface area contributed by atoms with Crippen molar-refractivity contribution in [2.45, 2.75) is 19.8 Å². The van der Waals surface area contributed by atoms with Crippen molar-refractivity contribution in [2.75, 3.05) is 11.1 Å². The molecule has 1 heterocycles. The Balaban J connectivity index is 2.22. The Morgan fingerprint density at radius 2 is 2.20 bits per heavy atom. The first-order valence-electron chi connectivity index (χ1n) is 6.00. The summed E-state index contributed by atoms with van der Waals surface area (Å²) in [6.45, 7) is 3.95. The van der Waals surface area contributed by atoms with Gasteiger partial charge in [-0.25, -0.2) is 0 Å². The van der Waals surface area contributed by atoms with E-state index in [2.05, 4.69) is 31.4 Å². The van der Waals surface area contributed by atoms with Crippen molar-refractivity contribution in [3.63, 3.8) is 0 Å². The number of nitrogens with one attached hydrogen (secondary N) is 2. The average molecular weight is 358 g/mol. The molecule has 0 radical (unpaired) electrons. The van der Waals surface area contributed by atoms with Crippen LogP contribution in [0.15, 0.2) is 22.7 Å². The van der Waals surface area contributed by atoms with Gasteiger partial charge in [0.25, 0.3) is 5.91 Å². The number of halogens is 2. The molecule has 0 fully saturated rings. The molecule has 0 spiro atoms. The highest BCUT2D eigenvalue weighted by molar-refractivity contribution is 9.10. The highest BCUT2D eigenvalue weighted by Gasteiger charge is 2.19. The number of hydrogen-bond acceptors (Lipinski definition) is 3. The summed E-state index contributed by atoms with van der Waals surface area (Å²) in [7, 11) is 0. The molecule has 106 valence electrons. The maximum atomic E-state index is 12.1. The standard InChI is InChI=1S/C13H14BrClN4O/c1-6(2)11-10(16)12(19-18-11)13(20)17-7-3-4-9(15)8(14)5-7/h3-6H,16H2,1-2H3,(H,17,20)(H,18,19). The van der Waals surface area contributed by atoms with E-state index in [0.29, 0.717) is 20.9 Å². The van der Waals surface area contributed by atoms with Crippen LogP contribution in [0, 0.1) is 0 Å². The van der Waals surface area contributed by atoms with Crippen LogP contribution < -0.4 is 11.1 Å². The third-order valence-corrected chi connectivity index (χ3v) is 4.02. The first-order valence-corrected chi connectivity index (χ1v) is 7.17. The second-order valence-electron chi connectivity index (χ2n) is 4.64. The molecule has 2 aromatic rings. The van der Waals surface area contributed by atoms with E-state index in [4.69, 9.17) is 17.3 Å². The van der Waals surface area contributed by atoms with Crippen LogP contribution in [0.3, 0.4) is 0 Å². The molecule has 1 amide bonds. The SMILES string of the molecule is CC(C)c1[nH]nc(C(=O)Nc2ccc(Cl)c(Br)c2)c1N. The van der Waals surface area contributed by atoms with Gasteiger partial charge in [0.05, 0.1) is 16.4 Å². The minimum Gasteiger partial charge on any atom is -0.395 e. The van der Waals surface area contributed by atoms with Crippen molar-refractivity contribution in [3.8, 4) is 0 Å². The average Bonchev–Trinajstić information content (AvgIpc) is 2.76. The molecule has 1 aromatic heterocycles. The summed E-state index contributed by atoms with van der Waals surface area (Å²) in [5, 5.41) is 10.1. The molecule has 5 nitrogen and oxygen atoms in total. The van der Waals surface area contributed by atoms with E-state index >= 15 is 0 Å². The van der Waals surface area contributed by atoms with Crippen LogP contribution in [0.2, 0.25) is 5.02 Å². The van der Waals surface area contributed by atoms with Gasteiger partial charge in [-0.1, -0.05) is 25.4 Å². The lowest BCUT2D eigenvalue weighted by Gasteiger charge is -2.06. The fourth-order valence-corrected chi connectivity index (χ4v) is 2.24. The molecule has 2 rings (SSSR count). The van der Waals surface area contributed by atoms with Crippen LogP contribution in [-0.2, 0) is 0 Å². The maximum absolute atomic E-state index is 12.1. The Labute approximate surface area is 130 Å². The monoisotopic (exact) mass is 356 g/mol. The summed E-state index contributed by atoms with van der Waals surface area (Å²) in [5.74, 6) is -0.186. The number of aromatic amines is 1. The Bertz CT molecular complexity index is 654. The first kappa shape index (κ1) is 14.9. The van der Waals surface area contributed by atoms with E-state index in [0.717, 1.165) is 5.69 Å². The summed E-state index contributed by atoms with van der Waals surface area (Å²) in [6, 6.07) is 5.11. The molecule has 7 heteroatoms. The second kappa shape index (κ2) is 5.85. The molecule has 4 N–H and O–H groups in total. The molecule has 0 saturated carbocycles. The van der Waals surface area contributed by atoms with Crippen molar-refractivity contribution in [2.24, 2.45) is 0 Å². The van der Waals surface area contributed by atoms with Gasteiger partial charge in [0.1, 0.15) is 0 Å². The van der Waals surface area contributed by atoms with E-state index in [9.17, 15) is 4.79 Å². The number of H-pyrrole nitrogens is 1. The van der Waals surface area contributed by atoms with Gasteiger partial charge in [0.15, 0.2) is 5.69 Å². The first-order chi connectivity index (χ1) is 9.40. The van der Waals surface area contributed by atoms with Gasteiger partial charge in [0, 0.05) is 10.2 Å². The Kier molecular flexibility index (Phi) is 4.35. The highest BCUT2D eigenvalue weighted by atomic mass is 79.9. The fourth-order valence-electron chi connectivity index (χ4n) is 1.74. The zero-order valence-electron chi connectivity index (χ0n) is 11.0. The van der Waals surface area contributed by atoms with Crippen LogP contribution in [-0.4, -0.2) is 16.1 Å². The topological polar surface area (TPSA) is 83.8 Å². The molecule has 0 aliphatic carbocycles. The van der Waals surface area contributed by atoms with Crippen molar-refractivity contribution < 1.29 is 4.79 Å². The van der Waals surface area contributed by atoms with Crippen LogP contribution in [0.25, 0.3) is 0 Å². The van der Waals surface area contributed by atoms with Gasteiger partial charge >= 0.3 is 0 Å². The van der Waals surface area contributed by atoms with Crippen LogP contribution in [0.5, 0.6) is 0 Å².